The smallest absolute Gasteiger partial charge is 0.275 e. The molecular formula is C20H12ClN3O3. The van der Waals surface area contributed by atoms with Gasteiger partial charge in [0.1, 0.15) is 11.5 Å². The third-order valence-electron chi connectivity index (χ3n) is 3.94. The fourth-order valence-corrected chi connectivity index (χ4v) is 2.90. The monoisotopic (exact) mass is 377 g/mol. The van der Waals surface area contributed by atoms with Crippen molar-refractivity contribution in [3.63, 3.8) is 0 Å². The lowest BCUT2D eigenvalue weighted by Gasteiger charge is -2.09. The summed E-state index contributed by atoms with van der Waals surface area (Å²) >= 11 is 6.22. The van der Waals surface area contributed by atoms with Gasteiger partial charge in [-0.1, -0.05) is 29.8 Å². The van der Waals surface area contributed by atoms with Crippen LogP contribution in [0.5, 0.6) is 0 Å². The maximum atomic E-state index is 12.6. The van der Waals surface area contributed by atoms with Crippen molar-refractivity contribution in [2.24, 2.45) is 0 Å². The molecule has 1 N–H and O–H groups in total. The maximum Gasteiger partial charge on any atom is 0.275 e. The van der Waals surface area contributed by atoms with Gasteiger partial charge >= 0.3 is 0 Å². The Hall–Kier alpha value is -3.51. The zero-order valence-electron chi connectivity index (χ0n) is 13.8. The van der Waals surface area contributed by atoms with Crippen LogP contribution in [0, 0.1) is 0 Å². The van der Waals surface area contributed by atoms with Crippen molar-refractivity contribution >= 4 is 34.2 Å². The summed E-state index contributed by atoms with van der Waals surface area (Å²) in [6.07, 6.45) is 4.25. The minimum Gasteiger partial charge on any atom is -0.454 e. The van der Waals surface area contributed by atoms with Crippen molar-refractivity contribution in [2.75, 3.05) is 5.32 Å². The molecule has 7 heteroatoms. The second-order valence-corrected chi connectivity index (χ2v) is 6.09. The first-order chi connectivity index (χ1) is 13.1. The van der Waals surface area contributed by atoms with Gasteiger partial charge < -0.3 is 9.73 Å². The molecule has 0 atom stereocenters. The largest absolute Gasteiger partial charge is 0.454 e. The quantitative estimate of drug-likeness (QED) is 0.579. The minimum atomic E-state index is -0.457. The van der Waals surface area contributed by atoms with E-state index in [1.807, 2.05) is 0 Å². The number of fused-ring (bicyclic) bond motifs is 1. The molecule has 4 rings (SSSR count). The van der Waals surface area contributed by atoms with Crippen LogP contribution in [0.1, 0.15) is 10.5 Å². The van der Waals surface area contributed by atoms with Crippen LogP contribution >= 0.6 is 11.6 Å². The highest BCUT2D eigenvalue weighted by molar-refractivity contribution is 6.33. The number of carbonyl (C=O) groups is 1. The molecule has 0 aliphatic heterocycles. The molecule has 0 spiro atoms. The average molecular weight is 378 g/mol. The third-order valence-corrected chi connectivity index (χ3v) is 4.27. The molecule has 2 aromatic heterocycles. The van der Waals surface area contributed by atoms with Gasteiger partial charge in [-0.3, -0.25) is 14.6 Å². The first-order valence-corrected chi connectivity index (χ1v) is 8.40. The third kappa shape index (κ3) is 3.30. The second kappa shape index (κ2) is 7.01. The van der Waals surface area contributed by atoms with E-state index in [0.717, 1.165) is 0 Å². The van der Waals surface area contributed by atoms with Crippen LogP contribution in [-0.4, -0.2) is 15.9 Å². The maximum absolute atomic E-state index is 12.6. The van der Waals surface area contributed by atoms with E-state index in [4.69, 9.17) is 16.0 Å². The summed E-state index contributed by atoms with van der Waals surface area (Å²) in [5.41, 5.74) is 1.13. The normalized spacial score (nSPS) is 10.7. The number of nitrogens with one attached hydrogen (secondary N) is 1. The van der Waals surface area contributed by atoms with Crippen LogP contribution in [-0.2, 0) is 0 Å². The molecule has 0 aliphatic rings. The van der Waals surface area contributed by atoms with Crippen molar-refractivity contribution in [1.82, 2.24) is 9.97 Å². The van der Waals surface area contributed by atoms with Crippen molar-refractivity contribution in [1.29, 1.82) is 0 Å². The highest BCUT2D eigenvalue weighted by Crippen LogP contribution is 2.31. The number of carbonyl (C=O) groups excluding carboxylic acids is 1. The molecule has 4 aromatic rings. The summed E-state index contributed by atoms with van der Waals surface area (Å²) in [4.78, 5) is 32.8. The van der Waals surface area contributed by atoms with Crippen molar-refractivity contribution in [2.45, 2.75) is 0 Å². The Labute approximate surface area is 158 Å². The van der Waals surface area contributed by atoms with Crippen LogP contribution in [0.25, 0.3) is 22.3 Å². The summed E-state index contributed by atoms with van der Waals surface area (Å²) in [5, 5.41) is 3.52. The molecule has 2 aromatic carbocycles. The van der Waals surface area contributed by atoms with Gasteiger partial charge in [-0.25, -0.2) is 4.98 Å². The predicted molar refractivity (Wildman–Crippen MR) is 103 cm³/mol. The Morgan fingerprint density at radius 3 is 2.70 bits per heavy atom. The highest BCUT2D eigenvalue weighted by Gasteiger charge is 2.15. The molecule has 0 radical (unpaired) electrons. The van der Waals surface area contributed by atoms with Crippen LogP contribution in [0.4, 0.5) is 5.69 Å². The van der Waals surface area contributed by atoms with Gasteiger partial charge in [0.15, 0.2) is 11.0 Å². The van der Waals surface area contributed by atoms with E-state index in [2.05, 4.69) is 15.3 Å². The first-order valence-electron chi connectivity index (χ1n) is 8.02. The lowest BCUT2D eigenvalue weighted by atomic mass is 10.1. The summed E-state index contributed by atoms with van der Waals surface area (Å²) in [5.74, 6) is -0.138. The number of halogens is 1. The molecule has 0 fully saturated rings. The Morgan fingerprint density at radius 1 is 1.07 bits per heavy atom. The molecular weight excluding hydrogens is 366 g/mol. The molecule has 2 heterocycles. The van der Waals surface area contributed by atoms with E-state index >= 15 is 0 Å². The van der Waals surface area contributed by atoms with E-state index in [-0.39, 0.29) is 16.7 Å². The van der Waals surface area contributed by atoms with Crippen LogP contribution in [0.3, 0.4) is 0 Å². The number of hydrogen-bond acceptors (Lipinski definition) is 5. The summed E-state index contributed by atoms with van der Waals surface area (Å²) in [7, 11) is 0. The fraction of sp³-hybridized carbons (Fsp3) is 0. The van der Waals surface area contributed by atoms with Crippen LogP contribution in [0.15, 0.2) is 76.3 Å². The molecule has 132 valence electrons. The Bertz CT molecular complexity index is 1210. The molecule has 0 saturated carbocycles. The number of anilines is 1. The van der Waals surface area contributed by atoms with Crippen LogP contribution < -0.4 is 10.7 Å². The van der Waals surface area contributed by atoms with Gasteiger partial charge in [0.25, 0.3) is 5.91 Å². The Kier molecular flexibility index (Phi) is 4.40. The molecule has 0 unspecified atom stereocenters. The van der Waals surface area contributed by atoms with E-state index in [9.17, 15) is 9.59 Å². The molecule has 6 nitrogen and oxygen atoms in total. The molecule has 27 heavy (non-hydrogen) atoms. The van der Waals surface area contributed by atoms with Gasteiger partial charge in [-0.2, -0.15) is 0 Å². The number of aromatic nitrogens is 2. The van der Waals surface area contributed by atoms with Crippen molar-refractivity contribution < 1.29 is 9.21 Å². The summed E-state index contributed by atoms with van der Waals surface area (Å²) in [6.45, 7) is 0. The lowest BCUT2D eigenvalue weighted by Crippen LogP contribution is -2.14. The molecule has 0 aliphatic carbocycles. The topological polar surface area (TPSA) is 85.1 Å². The molecule has 0 saturated heterocycles. The number of benzene rings is 2. The van der Waals surface area contributed by atoms with Gasteiger partial charge in [0.05, 0.1) is 22.3 Å². The highest BCUT2D eigenvalue weighted by atomic mass is 35.5. The number of rotatable bonds is 3. The zero-order valence-corrected chi connectivity index (χ0v) is 14.6. The average Bonchev–Trinajstić information content (AvgIpc) is 2.69. The second-order valence-electron chi connectivity index (χ2n) is 5.68. The van der Waals surface area contributed by atoms with Gasteiger partial charge in [0.2, 0.25) is 0 Å². The standard InChI is InChI=1S/C20H12ClN3O3/c21-14-6-2-1-4-12(14)18-10-17(25)13-5-3-7-15(19(13)27-18)24-20(26)16-11-22-8-9-23-16/h1-11H,(H,24,26). The zero-order chi connectivity index (χ0) is 18.8. The predicted octanol–water partition coefficient (Wildman–Crippen LogP) is 4.16. The number of para-hydroxylation sites is 1. The number of nitrogens with zero attached hydrogens (tertiary/aromatic N) is 2. The minimum absolute atomic E-state index is 0.152. The fourth-order valence-electron chi connectivity index (χ4n) is 2.67. The molecule has 1 amide bonds. The van der Waals surface area contributed by atoms with Gasteiger partial charge in [0, 0.05) is 24.0 Å². The Balaban J connectivity index is 1.83. The lowest BCUT2D eigenvalue weighted by molar-refractivity contribution is 0.102. The van der Waals surface area contributed by atoms with Gasteiger partial charge in [-0.05, 0) is 24.3 Å². The summed E-state index contributed by atoms with van der Waals surface area (Å²) in [6, 6.07) is 13.4. The molecule has 0 bridgehead atoms. The van der Waals surface area contributed by atoms with E-state index in [1.165, 1.54) is 24.7 Å². The SMILES string of the molecule is O=C(Nc1cccc2c(=O)cc(-c3ccccc3Cl)oc12)c1cnccn1. The Morgan fingerprint density at radius 2 is 1.93 bits per heavy atom. The van der Waals surface area contributed by atoms with E-state index < -0.39 is 5.91 Å². The summed E-state index contributed by atoms with van der Waals surface area (Å²) < 4.78 is 5.94. The van der Waals surface area contributed by atoms with Gasteiger partial charge in [-0.15, -0.1) is 0 Å². The van der Waals surface area contributed by atoms with Crippen molar-refractivity contribution in [3.05, 3.63) is 88.1 Å². The van der Waals surface area contributed by atoms with E-state index in [0.29, 0.717) is 27.4 Å². The number of amides is 1. The number of hydrogen-bond donors (Lipinski definition) is 1. The van der Waals surface area contributed by atoms with Crippen molar-refractivity contribution in [3.8, 4) is 11.3 Å². The van der Waals surface area contributed by atoms with Crippen LogP contribution in [0.2, 0.25) is 5.02 Å². The van der Waals surface area contributed by atoms with E-state index in [1.54, 1.807) is 42.5 Å². The first kappa shape index (κ1) is 16.9.